The van der Waals surface area contributed by atoms with Crippen LogP contribution in [0.15, 0.2) is 91.0 Å². The van der Waals surface area contributed by atoms with Crippen LogP contribution in [0, 0.1) is 12.7 Å². The summed E-state index contributed by atoms with van der Waals surface area (Å²) in [6.07, 6.45) is 0. The van der Waals surface area contributed by atoms with E-state index in [0.29, 0.717) is 5.56 Å². The molecule has 1 nitrogen and oxygen atoms in total. The maximum absolute atomic E-state index is 14.8. The summed E-state index contributed by atoms with van der Waals surface area (Å²) in [6, 6.07) is 29.5. The Morgan fingerprint density at radius 1 is 0.571 bits per heavy atom. The van der Waals surface area contributed by atoms with E-state index >= 15 is 0 Å². The Balaban J connectivity index is 1.60. The monoisotopic (exact) mass is 368 g/mol. The zero-order chi connectivity index (χ0) is 19.5. The third-order valence-electron chi connectivity index (χ3n) is 4.97. The van der Waals surface area contributed by atoms with Gasteiger partial charge in [0, 0.05) is 5.56 Å². The first kappa shape index (κ1) is 18.0. The predicted molar refractivity (Wildman–Crippen MR) is 114 cm³/mol. The molecule has 0 heterocycles. The van der Waals surface area contributed by atoms with Gasteiger partial charge < -0.3 is 4.74 Å². The minimum atomic E-state index is -0.231. The number of ether oxygens (including phenoxy) is 1. The highest BCUT2D eigenvalue weighted by Gasteiger charge is 2.08. The second-order valence-corrected chi connectivity index (χ2v) is 6.87. The number of benzene rings is 4. The maximum Gasteiger partial charge on any atom is 0.131 e. The van der Waals surface area contributed by atoms with E-state index in [9.17, 15) is 4.39 Å². The van der Waals surface area contributed by atoms with E-state index < -0.39 is 0 Å². The number of methoxy groups -OCH3 is 1. The molecule has 0 saturated heterocycles. The molecule has 0 aromatic heterocycles. The lowest BCUT2D eigenvalue weighted by molar-refractivity contribution is 0.415. The Kier molecular flexibility index (Phi) is 4.94. The minimum absolute atomic E-state index is 0.231. The SMILES string of the molecule is COc1ccc(-c2ccc(-c3ccc(-c4ccc(C)cc4)cc3)cc2F)cc1. The van der Waals surface area contributed by atoms with Gasteiger partial charge in [-0.1, -0.05) is 78.4 Å². The van der Waals surface area contributed by atoms with Crippen LogP contribution in [0.2, 0.25) is 0 Å². The number of hydrogen-bond acceptors (Lipinski definition) is 1. The molecule has 0 atom stereocenters. The van der Waals surface area contributed by atoms with Crippen LogP contribution in [-0.2, 0) is 0 Å². The third kappa shape index (κ3) is 3.67. The fourth-order valence-electron chi connectivity index (χ4n) is 3.30. The van der Waals surface area contributed by atoms with Gasteiger partial charge in [0.2, 0.25) is 0 Å². The first-order valence-electron chi connectivity index (χ1n) is 9.25. The molecule has 0 aliphatic carbocycles. The largest absolute Gasteiger partial charge is 0.497 e. The lowest BCUT2D eigenvalue weighted by atomic mass is 9.97. The fourth-order valence-corrected chi connectivity index (χ4v) is 3.30. The minimum Gasteiger partial charge on any atom is -0.497 e. The highest BCUT2D eigenvalue weighted by atomic mass is 19.1. The van der Waals surface area contributed by atoms with E-state index in [1.54, 1.807) is 13.2 Å². The molecule has 0 radical (unpaired) electrons. The van der Waals surface area contributed by atoms with Crippen molar-refractivity contribution in [3.63, 3.8) is 0 Å². The fraction of sp³-hybridized carbons (Fsp3) is 0.0769. The standard InChI is InChI=1S/C26H21FO/c1-18-3-5-19(6-4-18)20-7-9-21(10-8-20)23-13-16-25(26(27)17-23)22-11-14-24(28-2)15-12-22/h3-17H,1-2H3. The van der Waals surface area contributed by atoms with Crippen LogP contribution in [0.4, 0.5) is 4.39 Å². The second-order valence-electron chi connectivity index (χ2n) is 6.87. The molecular formula is C26H21FO. The highest BCUT2D eigenvalue weighted by Crippen LogP contribution is 2.30. The van der Waals surface area contributed by atoms with E-state index in [1.807, 2.05) is 48.5 Å². The quantitative estimate of drug-likeness (QED) is 0.372. The van der Waals surface area contributed by atoms with Crippen molar-refractivity contribution < 1.29 is 9.13 Å². The summed E-state index contributed by atoms with van der Waals surface area (Å²) >= 11 is 0. The van der Waals surface area contributed by atoms with Gasteiger partial charge in [0.1, 0.15) is 11.6 Å². The van der Waals surface area contributed by atoms with Crippen LogP contribution in [0.3, 0.4) is 0 Å². The van der Waals surface area contributed by atoms with Gasteiger partial charge in [-0.25, -0.2) is 4.39 Å². The lowest BCUT2D eigenvalue weighted by Gasteiger charge is -2.09. The average molecular weight is 368 g/mol. The molecule has 28 heavy (non-hydrogen) atoms. The molecule has 2 heteroatoms. The van der Waals surface area contributed by atoms with Crippen molar-refractivity contribution in [1.82, 2.24) is 0 Å². The van der Waals surface area contributed by atoms with Gasteiger partial charge in [0.05, 0.1) is 7.11 Å². The summed E-state index contributed by atoms with van der Waals surface area (Å²) in [7, 11) is 1.62. The summed E-state index contributed by atoms with van der Waals surface area (Å²) in [5, 5.41) is 0. The molecule has 0 aliphatic heterocycles. The van der Waals surface area contributed by atoms with E-state index in [1.165, 1.54) is 11.1 Å². The van der Waals surface area contributed by atoms with Crippen molar-refractivity contribution in [2.75, 3.05) is 7.11 Å². The second kappa shape index (κ2) is 7.69. The lowest BCUT2D eigenvalue weighted by Crippen LogP contribution is -1.88. The number of aryl methyl sites for hydroxylation is 1. The maximum atomic E-state index is 14.8. The van der Waals surface area contributed by atoms with Crippen molar-refractivity contribution in [1.29, 1.82) is 0 Å². The molecule has 0 unspecified atom stereocenters. The molecule has 0 N–H and O–H groups in total. The molecule has 138 valence electrons. The van der Waals surface area contributed by atoms with E-state index in [-0.39, 0.29) is 5.82 Å². The molecule has 0 fully saturated rings. The molecule has 0 spiro atoms. The number of hydrogen-bond donors (Lipinski definition) is 0. The predicted octanol–water partition coefficient (Wildman–Crippen LogP) is 7.14. The Morgan fingerprint density at radius 2 is 1.04 bits per heavy atom. The smallest absolute Gasteiger partial charge is 0.131 e. The summed E-state index contributed by atoms with van der Waals surface area (Å²) in [6.45, 7) is 2.08. The van der Waals surface area contributed by atoms with Gasteiger partial charge in [-0.15, -0.1) is 0 Å². The number of halogens is 1. The Bertz CT molecular complexity index is 1080. The van der Waals surface area contributed by atoms with Gasteiger partial charge in [-0.2, -0.15) is 0 Å². The van der Waals surface area contributed by atoms with Gasteiger partial charge >= 0.3 is 0 Å². The van der Waals surface area contributed by atoms with Crippen LogP contribution in [-0.4, -0.2) is 7.11 Å². The zero-order valence-electron chi connectivity index (χ0n) is 15.9. The van der Waals surface area contributed by atoms with Gasteiger partial charge in [-0.05, 0) is 52.9 Å². The Morgan fingerprint density at radius 3 is 1.57 bits per heavy atom. The summed E-state index contributed by atoms with van der Waals surface area (Å²) in [4.78, 5) is 0. The third-order valence-corrected chi connectivity index (χ3v) is 4.97. The van der Waals surface area contributed by atoms with Crippen molar-refractivity contribution in [2.45, 2.75) is 6.92 Å². The first-order valence-corrected chi connectivity index (χ1v) is 9.25. The van der Waals surface area contributed by atoms with Crippen molar-refractivity contribution in [3.05, 3.63) is 102 Å². The van der Waals surface area contributed by atoms with Gasteiger partial charge in [0.15, 0.2) is 0 Å². The van der Waals surface area contributed by atoms with Crippen LogP contribution >= 0.6 is 0 Å². The molecule has 0 saturated carbocycles. The first-order chi connectivity index (χ1) is 13.6. The van der Waals surface area contributed by atoms with Crippen molar-refractivity contribution in [2.24, 2.45) is 0 Å². The van der Waals surface area contributed by atoms with Gasteiger partial charge in [-0.3, -0.25) is 0 Å². The molecule has 4 aromatic rings. The molecule has 0 bridgehead atoms. The summed E-state index contributed by atoms with van der Waals surface area (Å²) in [5.41, 5.74) is 6.86. The van der Waals surface area contributed by atoms with Crippen molar-refractivity contribution in [3.8, 4) is 39.1 Å². The Labute approximate surface area is 165 Å². The van der Waals surface area contributed by atoms with Crippen LogP contribution in [0.5, 0.6) is 5.75 Å². The Hall–Kier alpha value is -3.39. The van der Waals surface area contributed by atoms with Crippen LogP contribution in [0.1, 0.15) is 5.56 Å². The summed E-state index contributed by atoms with van der Waals surface area (Å²) in [5.74, 6) is 0.528. The molecule has 0 aliphatic rings. The summed E-state index contributed by atoms with van der Waals surface area (Å²) < 4.78 is 19.9. The molecule has 4 aromatic carbocycles. The average Bonchev–Trinajstić information content (AvgIpc) is 2.74. The van der Waals surface area contributed by atoms with E-state index in [0.717, 1.165) is 28.0 Å². The van der Waals surface area contributed by atoms with E-state index in [4.69, 9.17) is 4.74 Å². The normalized spacial score (nSPS) is 10.7. The molecule has 4 rings (SSSR count). The topological polar surface area (TPSA) is 9.23 Å². The molecule has 0 amide bonds. The van der Waals surface area contributed by atoms with Crippen LogP contribution < -0.4 is 4.74 Å². The molecular weight excluding hydrogens is 347 g/mol. The van der Waals surface area contributed by atoms with Crippen LogP contribution in [0.25, 0.3) is 33.4 Å². The zero-order valence-corrected chi connectivity index (χ0v) is 15.9. The number of rotatable bonds is 4. The van der Waals surface area contributed by atoms with E-state index in [2.05, 4.69) is 43.3 Å². The highest BCUT2D eigenvalue weighted by molar-refractivity contribution is 5.74. The van der Waals surface area contributed by atoms with Crippen molar-refractivity contribution >= 4 is 0 Å². The van der Waals surface area contributed by atoms with Gasteiger partial charge in [0.25, 0.3) is 0 Å².